The van der Waals surface area contributed by atoms with E-state index < -0.39 is 0 Å². The Bertz CT molecular complexity index is 3710. The molecular formula is C54H34Cl2N4. The van der Waals surface area contributed by atoms with Crippen molar-refractivity contribution in [2.45, 2.75) is 12.3 Å². The van der Waals surface area contributed by atoms with Gasteiger partial charge in [-0.05, 0) is 41.8 Å². The number of fused-ring (bicyclic) bond motifs is 12. The summed E-state index contributed by atoms with van der Waals surface area (Å²) < 4.78 is 0. The molecule has 1 aliphatic carbocycles. The van der Waals surface area contributed by atoms with Gasteiger partial charge in [0.05, 0.1) is 43.1 Å². The van der Waals surface area contributed by atoms with Crippen LogP contribution in [0.15, 0.2) is 164 Å². The van der Waals surface area contributed by atoms with E-state index >= 15 is 0 Å². The maximum atomic E-state index is 7.25. The Labute approximate surface area is 353 Å². The van der Waals surface area contributed by atoms with Gasteiger partial charge in [0, 0.05) is 87.9 Å². The molecule has 0 amide bonds. The summed E-state index contributed by atoms with van der Waals surface area (Å²) in [6, 6.07) is 49.4. The third-order valence-corrected chi connectivity index (χ3v) is 13.6. The van der Waals surface area contributed by atoms with Crippen LogP contribution >= 0.6 is 23.2 Å². The standard InChI is InChI=1S/C54H34Cl2N4/c55-39-27-25-33-31-17-7-9-23-41(31)57-51(33)45(39)35-19-11-21-37-47-43(29-13-3-1-4-14-29)53-48(44(54(47)60-49(35)37)30-15-5-2-6-16-30)38-22-12-20-36(50(38)59-53)46-40(56)28-26-34-32-18-8-10-24-42(32)58-52(34)46/h1-15,17-28,30,57-60H,16H2. The van der Waals surface area contributed by atoms with E-state index in [4.69, 9.17) is 23.2 Å². The molecule has 12 aromatic rings. The number of nitrogens with one attached hydrogen (secondary N) is 4. The summed E-state index contributed by atoms with van der Waals surface area (Å²) >= 11 is 14.5. The molecule has 0 aliphatic heterocycles. The van der Waals surface area contributed by atoms with Gasteiger partial charge in [-0.2, -0.15) is 0 Å². The fourth-order valence-electron chi connectivity index (χ4n) is 10.4. The van der Waals surface area contributed by atoms with Gasteiger partial charge in [0.25, 0.3) is 0 Å². The largest absolute Gasteiger partial charge is 0.354 e. The van der Waals surface area contributed by atoms with Crippen molar-refractivity contribution < 1.29 is 0 Å². The zero-order valence-corrected chi connectivity index (χ0v) is 33.6. The zero-order valence-electron chi connectivity index (χ0n) is 32.1. The minimum atomic E-state index is 0.130. The second kappa shape index (κ2) is 12.8. The van der Waals surface area contributed by atoms with Gasteiger partial charge in [0.15, 0.2) is 0 Å². The molecular weight excluding hydrogens is 776 g/mol. The predicted octanol–water partition coefficient (Wildman–Crippen LogP) is 16.1. The average Bonchev–Trinajstić information content (AvgIpc) is 4.07. The Morgan fingerprint density at radius 1 is 0.400 bits per heavy atom. The molecule has 0 saturated carbocycles. The monoisotopic (exact) mass is 808 g/mol. The number of benzene rings is 8. The molecule has 0 spiro atoms. The van der Waals surface area contributed by atoms with Gasteiger partial charge in [-0.25, -0.2) is 0 Å². The van der Waals surface area contributed by atoms with Crippen molar-refractivity contribution in [1.82, 2.24) is 19.9 Å². The molecule has 60 heavy (non-hydrogen) atoms. The quantitative estimate of drug-likeness (QED) is 0.137. The summed E-state index contributed by atoms with van der Waals surface area (Å²) in [7, 11) is 0. The first-order valence-electron chi connectivity index (χ1n) is 20.4. The minimum Gasteiger partial charge on any atom is -0.354 e. The van der Waals surface area contributed by atoms with Crippen LogP contribution in [0.4, 0.5) is 0 Å². The Morgan fingerprint density at radius 2 is 0.950 bits per heavy atom. The maximum Gasteiger partial charge on any atom is 0.0560 e. The molecule has 0 bridgehead atoms. The molecule has 4 aromatic heterocycles. The lowest BCUT2D eigenvalue weighted by molar-refractivity contribution is 0.868. The average molecular weight is 810 g/mol. The van der Waals surface area contributed by atoms with Crippen molar-refractivity contribution in [2.24, 2.45) is 0 Å². The molecule has 8 aromatic carbocycles. The maximum absolute atomic E-state index is 7.25. The van der Waals surface area contributed by atoms with E-state index in [-0.39, 0.29) is 5.92 Å². The SMILES string of the molecule is Clc1ccc2c([nH]c3ccccc32)c1-c1cccc2c1[nH]c1c(C3C=CC=CC3)c3c([nH]c4c(-c5c(Cl)ccc6c5[nH]c5ccccc56)cccc43)c(-c3ccccc3)c12. The van der Waals surface area contributed by atoms with Gasteiger partial charge in [-0.15, -0.1) is 0 Å². The van der Waals surface area contributed by atoms with E-state index in [0.717, 1.165) is 105 Å². The molecule has 0 radical (unpaired) electrons. The Kier molecular flexibility index (Phi) is 7.22. The number of aromatic nitrogens is 4. The molecule has 4 N–H and O–H groups in total. The lowest BCUT2D eigenvalue weighted by atomic mass is 9.84. The number of rotatable bonds is 4. The van der Waals surface area contributed by atoms with E-state index in [1.165, 1.54) is 27.1 Å². The number of para-hydroxylation sites is 4. The highest BCUT2D eigenvalue weighted by molar-refractivity contribution is 6.38. The first-order chi connectivity index (χ1) is 29.6. The smallest absolute Gasteiger partial charge is 0.0560 e. The highest BCUT2D eigenvalue weighted by atomic mass is 35.5. The number of aromatic amines is 4. The van der Waals surface area contributed by atoms with E-state index in [2.05, 4.69) is 172 Å². The number of hydrogen-bond donors (Lipinski definition) is 4. The molecule has 4 heterocycles. The Balaban J connectivity index is 1.19. The third kappa shape index (κ3) is 4.69. The van der Waals surface area contributed by atoms with Gasteiger partial charge in [0.1, 0.15) is 0 Å². The lowest BCUT2D eigenvalue weighted by Gasteiger charge is -2.19. The number of halogens is 2. The Hall–Kier alpha value is -6.98. The van der Waals surface area contributed by atoms with Gasteiger partial charge < -0.3 is 19.9 Å². The fourth-order valence-corrected chi connectivity index (χ4v) is 10.9. The highest BCUT2D eigenvalue weighted by Crippen LogP contribution is 2.52. The van der Waals surface area contributed by atoms with E-state index in [9.17, 15) is 0 Å². The molecule has 1 aliphatic rings. The highest BCUT2D eigenvalue weighted by Gasteiger charge is 2.29. The van der Waals surface area contributed by atoms with Gasteiger partial charge in [-0.1, -0.05) is 163 Å². The van der Waals surface area contributed by atoms with Crippen LogP contribution in [0.3, 0.4) is 0 Å². The Morgan fingerprint density at radius 3 is 1.55 bits per heavy atom. The fraction of sp³-hybridized carbons (Fsp3) is 0.0370. The van der Waals surface area contributed by atoms with Crippen LogP contribution in [0.25, 0.3) is 121 Å². The van der Waals surface area contributed by atoms with Gasteiger partial charge >= 0.3 is 0 Å². The lowest BCUT2D eigenvalue weighted by Crippen LogP contribution is -2.00. The van der Waals surface area contributed by atoms with Crippen molar-refractivity contribution in [1.29, 1.82) is 0 Å². The minimum absolute atomic E-state index is 0.130. The summed E-state index contributed by atoms with van der Waals surface area (Å²) in [5.74, 6) is 0.130. The molecule has 1 unspecified atom stereocenters. The molecule has 284 valence electrons. The van der Waals surface area contributed by atoms with E-state index in [1.54, 1.807) is 0 Å². The number of hydrogen-bond acceptors (Lipinski definition) is 0. The van der Waals surface area contributed by atoms with E-state index in [0.29, 0.717) is 10.0 Å². The molecule has 4 nitrogen and oxygen atoms in total. The van der Waals surface area contributed by atoms with Crippen molar-refractivity contribution in [3.8, 4) is 33.4 Å². The van der Waals surface area contributed by atoms with Gasteiger partial charge in [0.2, 0.25) is 0 Å². The molecule has 6 heteroatoms. The molecule has 13 rings (SSSR count). The summed E-state index contributed by atoms with van der Waals surface area (Å²) in [6.07, 6.45) is 9.88. The zero-order chi connectivity index (χ0) is 39.6. The van der Waals surface area contributed by atoms with Crippen LogP contribution in [0.2, 0.25) is 10.0 Å². The van der Waals surface area contributed by atoms with Crippen LogP contribution in [0, 0.1) is 0 Å². The van der Waals surface area contributed by atoms with E-state index in [1.807, 2.05) is 12.1 Å². The van der Waals surface area contributed by atoms with Crippen molar-refractivity contribution >= 4 is 110 Å². The van der Waals surface area contributed by atoms with Crippen molar-refractivity contribution in [2.75, 3.05) is 0 Å². The third-order valence-electron chi connectivity index (χ3n) is 12.9. The van der Waals surface area contributed by atoms with Crippen molar-refractivity contribution in [3.63, 3.8) is 0 Å². The van der Waals surface area contributed by atoms with Crippen LogP contribution in [0.5, 0.6) is 0 Å². The predicted molar refractivity (Wildman–Crippen MR) is 256 cm³/mol. The molecule has 0 fully saturated rings. The number of allylic oxidation sites excluding steroid dienone is 4. The van der Waals surface area contributed by atoms with Crippen molar-refractivity contribution in [3.05, 3.63) is 179 Å². The summed E-state index contributed by atoms with van der Waals surface area (Å²) in [5.41, 5.74) is 16.3. The molecule has 0 saturated heterocycles. The second-order valence-corrected chi connectivity index (χ2v) is 16.9. The first-order valence-corrected chi connectivity index (χ1v) is 21.2. The van der Waals surface area contributed by atoms with Crippen LogP contribution in [0.1, 0.15) is 17.9 Å². The first kappa shape index (κ1) is 33.9. The number of H-pyrrole nitrogens is 4. The summed E-state index contributed by atoms with van der Waals surface area (Å²) in [5, 5.41) is 10.8. The molecule has 1 atom stereocenters. The summed E-state index contributed by atoms with van der Waals surface area (Å²) in [4.78, 5) is 15.7. The van der Waals surface area contributed by atoms with Crippen LogP contribution in [-0.4, -0.2) is 19.9 Å². The van der Waals surface area contributed by atoms with Gasteiger partial charge in [-0.3, -0.25) is 0 Å². The normalized spacial score (nSPS) is 14.5. The topological polar surface area (TPSA) is 63.2 Å². The second-order valence-electron chi connectivity index (χ2n) is 16.0. The van der Waals surface area contributed by atoms with Crippen LogP contribution in [-0.2, 0) is 0 Å². The van der Waals surface area contributed by atoms with Crippen LogP contribution < -0.4 is 0 Å². The summed E-state index contributed by atoms with van der Waals surface area (Å²) in [6.45, 7) is 0.